The first-order chi connectivity index (χ1) is 12.6. The molecule has 1 aliphatic heterocycles. The van der Waals surface area contributed by atoms with Crippen molar-refractivity contribution in [1.82, 2.24) is 4.98 Å². The number of para-hydroxylation sites is 1. The van der Waals surface area contributed by atoms with Gasteiger partial charge in [-0.05, 0) is 29.8 Å². The molecule has 1 atom stereocenters. The Morgan fingerprint density at radius 3 is 2.81 bits per heavy atom. The normalized spacial score (nSPS) is 15.9. The van der Waals surface area contributed by atoms with Crippen LogP contribution in [0.5, 0.6) is 11.5 Å². The second-order valence-corrected chi connectivity index (χ2v) is 6.99. The van der Waals surface area contributed by atoms with Gasteiger partial charge in [0.05, 0.1) is 12.0 Å². The number of phenols is 1. The molecule has 0 radical (unpaired) electrons. The number of ether oxygens (including phenoxy) is 1. The molecule has 1 aliphatic rings. The standard InChI is InChI=1S/C19H17N3O3S/c1-25-15-8-7-11(9-14(15)23)13-10-16(24)21-18-17(13)26-19(22-18)20-12-5-3-2-4-6-12/h2-9,13,23H,10H2,1H3,(H,20,22)(H,21,24)/t13-/m0/s1. The number of nitrogens with zero attached hydrogens (tertiary/aromatic N) is 1. The van der Waals surface area contributed by atoms with E-state index in [-0.39, 0.29) is 17.6 Å². The van der Waals surface area contributed by atoms with E-state index in [1.54, 1.807) is 12.1 Å². The molecule has 3 N–H and O–H groups in total. The smallest absolute Gasteiger partial charge is 0.226 e. The maximum absolute atomic E-state index is 12.1. The number of phenolic OH excluding ortho intramolecular Hbond substituents is 1. The average molecular weight is 367 g/mol. The molecular formula is C19H17N3O3S. The number of rotatable bonds is 4. The highest BCUT2D eigenvalue weighted by atomic mass is 32.1. The fourth-order valence-electron chi connectivity index (χ4n) is 3.01. The molecule has 0 bridgehead atoms. The number of aromatic hydroxyl groups is 1. The Bertz CT molecular complexity index is 956. The molecule has 3 aromatic rings. The number of nitrogens with one attached hydrogen (secondary N) is 2. The molecule has 2 heterocycles. The molecule has 0 unspecified atom stereocenters. The van der Waals surface area contributed by atoms with Crippen LogP contribution in [0, 0.1) is 0 Å². The van der Waals surface area contributed by atoms with Crippen LogP contribution in [0.2, 0.25) is 0 Å². The summed E-state index contributed by atoms with van der Waals surface area (Å²) in [4.78, 5) is 17.6. The summed E-state index contributed by atoms with van der Waals surface area (Å²) in [6, 6.07) is 15.0. The van der Waals surface area contributed by atoms with Crippen molar-refractivity contribution in [2.75, 3.05) is 17.7 Å². The SMILES string of the molecule is COc1ccc([C@@H]2CC(=O)Nc3nc(Nc4ccccc4)sc32)cc1O. The Labute approximate surface area is 154 Å². The highest BCUT2D eigenvalue weighted by molar-refractivity contribution is 7.16. The Kier molecular flexibility index (Phi) is 4.22. The predicted molar refractivity (Wildman–Crippen MR) is 102 cm³/mol. The second-order valence-electron chi connectivity index (χ2n) is 5.96. The summed E-state index contributed by atoms with van der Waals surface area (Å²) in [6.07, 6.45) is 0.311. The lowest BCUT2D eigenvalue weighted by Gasteiger charge is -2.22. The first kappa shape index (κ1) is 16.4. The second kappa shape index (κ2) is 6.68. The lowest BCUT2D eigenvalue weighted by Crippen LogP contribution is -2.22. The van der Waals surface area contributed by atoms with Crippen LogP contribution >= 0.6 is 11.3 Å². The fraction of sp³-hybridized carbons (Fsp3) is 0.158. The number of amides is 1. The molecule has 1 aromatic heterocycles. The van der Waals surface area contributed by atoms with Gasteiger partial charge in [-0.25, -0.2) is 4.98 Å². The summed E-state index contributed by atoms with van der Waals surface area (Å²) in [7, 11) is 1.51. The Morgan fingerprint density at radius 2 is 2.08 bits per heavy atom. The monoisotopic (exact) mass is 367 g/mol. The number of hydrogen-bond donors (Lipinski definition) is 3. The molecule has 4 rings (SSSR count). The van der Waals surface area contributed by atoms with Crippen molar-refractivity contribution in [2.45, 2.75) is 12.3 Å². The van der Waals surface area contributed by atoms with E-state index in [0.717, 1.165) is 16.1 Å². The van der Waals surface area contributed by atoms with E-state index in [9.17, 15) is 9.90 Å². The molecule has 6 nitrogen and oxygen atoms in total. The zero-order chi connectivity index (χ0) is 18.1. The number of anilines is 3. The van der Waals surface area contributed by atoms with Gasteiger partial charge in [0.1, 0.15) is 5.82 Å². The number of aromatic nitrogens is 1. The summed E-state index contributed by atoms with van der Waals surface area (Å²) in [5, 5.41) is 16.9. The molecule has 0 saturated carbocycles. The number of thiazole rings is 1. The van der Waals surface area contributed by atoms with Crippen LogP contribution < -0.4 is 15.4 Å². The third kappa shape index (κ3) is 3.09. The fourth-order valence-corrected chi connectivity index (χ4v) is 4.08. The van der Waals surface area contributed by atoms with Crippen LogP contribution in [0.25, 0.3) is 0 Å². The third-order valence-electron chi connectivity index (χ3n) is 4.25. The molecule has 132 valence electrons. The van der Waals surface area contributed by atoms with Crippen molar-refractivity contribution < 1.29 is 14.6 Å². The summed E-state index contributed by atoms with van der Waals surface area (Å²) in [6.45, 7) is 0. The maximum atomic E-state index is 12.1. The van der Waals surface area contributed by atoms with Crippen molar-refractivity contribution in [2.24, 2.45) is 0 Å². The molecule has 0 spiro atoms. The van der Waals surface area contributed by atoms with Gasteiger partial charge in [-0.15, -0.1) is 0 Å². The molecule has 26 heavy (non-hydrogen) atoms. The van der Waals surface area contributed by atoms with Gasteiger partial charge in [-0.1, -0.05) is 35.6 Å². The van der Waals surface area contributed by atoms with Crippen LogP contribution in [0.15, 0.2) is 48.5 Å². The van der Waals surface area contributed by atoms with Crippen molar-refractivity contribution >= 4 is 33.9 Å². The molecular weight excluding hydrogens is 350 g/mol. The molecule has 7 heteroatoms. The molecule has 0 saturated heterocycles. The van der Waals surface area contributed by atoms with E-state index in [1.165, 1.54) is 18.4 Å². The first-order valence-electron chi connectivity index (χ1n) is 8.13. The summed E-state index contributed by atoms with van der Waals surface area (Å²) in [5.74, 6) is 0.799. The van der Waals surface area contributed by atoms with Gasteiger partial charge in [-0.2, -0.15) is 0 Å². The van der Waals surface area contributed by atoms with E-state index < -0.39 is 0 Å². The molecule has 2 aromatic carbocycles. The van der Waals surface area contributed by atoms with Gasteiger partial charge >= 0.3 is 0 Å². The minimum Gasteiger partial charge on any atom is -0.504 e. The quantitative estimate of drug-likeness (QED) is 0.647. The van der Waals surface area contributed by atoms with Gasteiger partial charge in [-0.3, -0.25) is 4.79 Å². The lowest BCUT2D eigenvalue weighted by atomic mass is 9.91. The van der Waals surface area contributed by atoms with Crippen molar-refractivity contribution in [3.8, 4) is 11.5 Å². The van der Waals surface area contributed by atoms with Gasteiger partial charge in [0.2, 0.25) is 5.91 Å². The van der Waals surface area contributed by atoms with Gasteiger partial charge in [0.25, 0.3) is 0 Å². The number of carbonyl (C=O) groups is 1. The van der Waals surface area contributed by atoms with Gasteiger partial charge < -0.3 is 20.5 Å². The Balaban J connectivity index is 1.69. The number of fused-ring (bicyclic) bond motifs is 1. The van der Waals surface area contributed by atoms with Crippen LogP contribution in [0.4, 0.5) is 16.6 Å². The van der Waals surface area contributed by atoms with E-state index in [1.807, 2.05) is 36.4 Å². The number of benzene rings is 2. The zero-order valence-electron chi connectivity index (χ0n) is 14.0. The Hall–Kier alpha value is -3.06. The van der Waals surface area contributed by atoms with Crippen LogP contribution in [0.3, 0.4) is 0 Å². The highest BCUT2D eigenvalue weighted by Crippen LogP contribution is 2.44. The van der Waals surface area contributed by atoms with Crippen LogP contribution in [-0.4, -0.2) is 23.1 Å². The van der Waals surface area contributed by atoms with Crippen molar-refractivity contribution in [3.05, 3.63) is 59.0 Å². The van der Waals surface area contributed by atoms with Crippen LogP contribution in [0.1, 0.15) is 22.8 Å². The van der Waals surface area contributed by atoms with E-state index in [0.29, 0.717) is 23.1 Å². The number of carbonyl (C=O) groups excluding carboxylic acids is 1. The maximum Gasteiger partial charge on any atom is 0.226 e. The molecule has 0 aliphatic carbocycles. The minimum absolute atomic E-state index is 0.0599. The van der Waals surface area contributed by atoms with E-state index in [4.69, 9.17) is 4.74 Å². The lowest BCUT2D eigenvalue weighted by molar-refractivity contribution is -0.116. The largest absolute Gasteiger partial charge is 0.504 e. The third-order valence-corrected chi connectivity index (χ3v) is 5.33. The Morgan fingerprint density at radius 1 is 1.27 bits per heavy atom. The zero-order valence-corrected chi connectivity index (χ0v) is 14.8. The van der Waals surface area contributed by atoms with Crippen molar-refractivity contribution in [3.63, 3.8) is 0 Å². The van der Waals surface area contributed by atoms with E-state index in [2.05, 4.69) is 15.6 Å². The van der Waals surface area contributed by atoms with Crippen molar-refractivity contribution in [1.29, 1.82) is 0 Å². The highest BCUT2D eigenvalue weighted by Gasteiger charge is 2.30. The predicted octanol–water partition coefficient (Wildman–Crippen LogP) is 4.08. The van der Waals surface area contributed by atoms with Crippen LogP contribution in [-0.2, 0) is 4.79 Å². The summed E-state index contributed by atoms with van der Waals surface area (Å²) < 4.78 is 5.10. The van der Waals surface area contributed by atoms with Gasteiger partial charge in [0.15, 0.2) is 16.6 Å². The molecule has 0 fully saturated rings. The first-order valence-corrected chi connectivity index (χ1v) is 8.95. The number of methoxy groups -OCH3 is 1. The minimum atomic E-state index is -0.153. The summed E-state index contributed by atoms with van der Waals surface area (Å²) >= 11 is 1.50. The van der Waals surface area contributed by atoms with E-state index >= 15 is 0 Å². The number of hydrogen-bond acceptors (Lipinski definition) is 6. The average Bonchev–Trinajstić information content (AvgIpc) is 3.03. The summed E-state index contributed by atoms with van der Waals surface area (Å²) in [5.41, 5.74) is 1.79. The topological polar surface area (TPSA) is 83.5 Å². The van der Waals surface area contributed by atoms with Gasteiger partial charge in [0, 0.05) is 18.0 Å². The molecule has 1 amide bonds.